The van der Waals surface area contributed by atoms with E-state index in [2.05, 4.69) is 58.5 Å². The maximum atomic E-state index is 5.34. The first-order valence-corrected chi connectivity index (χ1v) is 8.08. The van der Waals surface area contributed by atoms with Crippen molar-refractivity contribution in [2.24, 2.45) is 0 Å². The Kier molecular flexibility index (Phi) is 5.83. The summed E-state index contributed by atoms with van der Waals surface area (Å²) in [7, 11) is 3.68. The molecule has 0 saturated heterocycles. The molecule has 0 aliphatic rings. The Hall–Kier alpha value is -1.32. The molecule has 112 valence electrons. The molecule has 2 rings (SSSR count). The van der Waals surface area contributed by atoms with Gasteiger partial charge in [0.1, 0.15) is 5.75 Å². The Bertz CT molecular complexity index is 580. The van der Waals surface area contributed by atoms with Crippen molar-refractivity contribution in [3.63, 3.8) is 0 Å². The zero-order valence-corrected chi connectivity index (χ0v) is 14.4. The number of methoxy groups -OCH3 is 1. The van der Waals surface area contributed by atoms with Gasteiger partial charge in [-0.1, -0.05) is 53.5 Å². The molecule has 2 aromatic rings. The SMILES string of the molecule is CCCc1ccc(C(NC)c2cc(OC)ccc2Br)cc1. The number of ether oxygens (including phenoxy) is 1. The van der Waals surface area contributed by atoms with E-state index in [0.29, 0.717) is 0 Å². The van der Waals surface area contributed by atoms with Gasteiger partial charge in [0, 0.05) is 4.47 Å². The minimum Gasteiger partial charge on any atom is -0.497 e. The molecule has 0 aliphatic carbocycles. The molecule has 0 fully saturated rings. The summed E-state index contributed by atoms with van der Waals surface area (Å²) in [5.74, 6) is 0.871. The monoisotopic (exact) mass is 347 g/mol. The van der Waals surface area contributed by atoms with Crippen LogP contribution in [-0.2, 0) is 6.42 Å². The van der Waals surface area contributed by atoms with Crippen LogP contribution >= 0.6 is 15.9 Å². The molecule has 21 heavy (non-hydrogen) atoms. The van der Waals surface area contributed by atoms with E-state index in [0.717, 1.165) is 16.6 Å². The molecule has 1 atom stereocenters. The van der Waals surface area contributed by atoms with Crippen LogP contribution in [0.25, 0.3) is 0 Å². The van der Waals surface area contributed by atoms with E-state index in [-0.39, 0.29) is 6.04 Å². The Morgan fingerprint density at radius 1 is 1.14 bits per heavy atom. The second kappa shape index (κ2) is 7.62. The van der Waals surface area contributed by atoms with Crippen LogP contribution in [0.3, 0.4) is 0 Å². The fraction of sp³-hybridized carbons (Fsp3) is 0.333. The number of nitrogens with one attached hydrogen (secondary N) is 1. The van der Waals surface area contributed by atoms with Crippen molar-refractivity contribution in [3.8, 4) is 5.75 Å². The third kappa shape index (κ3) is 3.86. The first kappa shape index (κ1) is 16.1. The topological polar surface area (TPSA) is 21.3 Å². The van der Waals surface area contributed by atoms with E-state index in [9.17, 15) is 0 Å². The van der Waals surface area contributed by atoms with Crippen LogP contribution in [0.4, 0.5) is 0 Å². The number of hydrogen-bond donors (Lipinski definition) is 1. The summed E-state index contributed by atoms with van der Waals surface area (Å²) in [6.07, 6.45) is 2.31. The van der Waals surface area contributed by atoms with Gasteiger partial charge in [-0.15, -0.1) is 0 Å². The van der Waals surface area contributed by atoms with Crippen LogP contribution in [0.15, 0.2) is 46.9 Å². The fourth-order valence-electron chi connectivity index (χ4n) is 2.54. The molecule has 1 unspecified atom stereocenters. The molecule has 3 heteroatoms. The van der Waals surface area contributed by atoms with Crippen LogP contribution in [-0.4, -0.2) is 14.2 Å². The number of benzene rings is 2. The lowest BCUT2D eigenvalue weighted by Crippen LogP contribution is -2.18. The normalized spacial score (nSPS) is 12.2. The van der Waals surface area contributed by atoms with Crippen LogP contribution in [0.5, 0.6) is 5.75 Å². The first-order valence-electron chi connectivity index (χ1n) is 7.29. The van der Waals surface area contributed by atoms with E-state index in [1.54, 1.807) is 7.11 Å². The Morgan fingerprint density at radius 2 is 1.86 bits per heavy atom. The van der Waals surface area contributed by atoms with Crippen molar-refractivity contribution in [2.45, 2.75) is 25.8 Å². The zero-order valence-electron chi connectivity index (χ0n) is 12.8. The van der Waals surface area contributed by atoms with Gasteiger partial charge in [0.2, 0.25) is 0 Å². The molecule has 2 nitrogen and oxygen atoms in total. The molecule has 0 heterocycles. The van der Waals surface area contributed by atoms with Gasteiger partial charge in [0.05, 0.1) is 13.2 Å². The van der Waals surface area contributed by atoms with Crippen molar-refractivity contribution in [1.82, 2.24) is 5.32 Å². The third-order valence-electron chi connectivity index (χ3n) is 3.65. The molecule has 0 saturated carbocycles. The molecule has 1 N–H and O–H groups in total. The quantitative estimate of drug-likeness (QED) is 0.816. The summed E-state index contributed by atoms with van der Waals surface area (Å²) >= 11 is 3.64. The van der Waals surface area contributed by atoms with Gasteiger partial charge < -0.3 is 10.1 Å². The standard InChI is InChI=1S/C18H22BrNO/c1-4-5-13-6-8-14(9-7-13)18(20-2)16-12-15(21-3)10-11-17(16)19/h6-12,18,20H,4-5H2,1-3H3. The van der Waals surface area contributed by atoms with Crippen LogP contribution in [0, 0.1) is 0 Å². The summed E-state index contributed by atoms with van der Waals surface area (Å²) < 4.78 is 6.43. The highest BCUT2D eigenvalue weighted by atomic mass is 79.9. The summed E-state index contributed by atoms with van der Waals surface area (Å²) in [5, 5.41) is 3.39. The third-order valence-corrected chi connectivity index (χ3v) is 4.38. The summed E-state index contributed by atoms with van der Waals surface area (Å²) in [6.45, 7) is 2.21. The van der Waals surface area contributed by atoms with Gasteiger partial charge in [-0.05, 0) is 48.4 Å². The maximum Gasteiger partial charge on any atom is 0.119 e. The van der Waals surface area contributed by atoms with Gasteiger partial charge in [-0.3, -0.25) is 0 Å². The van der Waals surface area contributed by atoms with Crippen LogP contribution in [0.2, 0.25) is 0 Å². The average molecular weight is 348 g/mol. The van der Waals surface area contributed by atoms with Crippen molar-refractivity contribution in [1.29, 1.82) is 0 Å². The summed E-state index contributed by atoms with van der Waals surface area (Å²) in [5.41, 5.74) is 3.83. The minimum absolute atomic E-state index is 0.144. The minimum atomic E-state index is 0.144. The van der Waals surface area contributed by atoms with E-state index in [1.165, 1.54) is 23.1 Å². The van der Waals surface area contributed by atoms with Crippen molar-refractivity contribution >= 4 is 15.9 Å². The summed E-state index contributed by atoms with van der Waals surface area (Å²) in [4.78, 5) is 0. The molecule has 2 aromatic carbocycles. The van der Waals surface area contributed by atoms with Crippen molar-refractivity contribution < 1.29 is 4.74 Å². The molecule has 0 radical (unpaired) electrons. The van der Waals surface area contributed by atoms with Gasteiger partial charge in [-0.2, -0.15) is 0 Å². The van der Waals surface area contributed by atoms with Gasteiger partial charge >= 0.3 is 0 Å². The molecular formula is C18H22BrNO. The van der Waals surface area contributed by atoms with Gasteiger partial charge in [0.25, 0.3) is 0 Å². The lowest BCUT2D eigenvalue weighted by atomic mass is 9.97. The van der Waals surface area contributed by atoms with E-state index in [1.807, 2.05) is 19.2 Å². The van der Waals surface area contributed by atoms with Gasteiger partial charge in [0.15, 0.2) is 0 Å². The largest absolute Gasteiger partial charge is 0.497 e. The smallest absolute Gasteiger partial charge is 0.119 e. The maximum absolute atomic E-state index is 5.34. The highest BCUT2D eigenvalue weighted by Crippen LogP contribution is 2.31. The Morgan fingerprint density at radius 3 is 2.43 bits per heavy atom. The number of rotatable bonds is 6. The van der Waals surface area contributed by atoms with E-state index < -0.39 is 0 Å². The predicted octanol–water partition coefficient (Wildman–Crippen LogP) is 4.72. The predicted molar refractivity (Wildman–Crippen MR) is 92.0 cm³/mol. The van der Waals surface area contributed by atoms with Crippen LogP contribution < -0.4 is 10.1 Å². The lowest BCUT2D eigenvalue weighted by Gasteiger charge is -2.20. The van der Waals surface area contributed by atoms with Crippen LogP contribution in [0.1, 0.15) is 36.1 Å². The van der Waals surface area contributed by atoms with Crippen molar-refractivity contribution in [3.05, 3.63) is 63.6 Å². The summed E-state index contributed by atoms with van der Waals surface area (Å²) in [6, 6.07) is 15.1. The average Bonchev–Trinajstić information content (AvgIpc) is 2.51. The number of hydrogen-bond acceptors (Lipinski definition) is 2. The highest BCUT2D eigenvalue weighted by molar-refractivity contribution is 9.10. The second-order valence-electron chi connectivity index (χ2n) is 5.10. The Labute approximate surface area is 135 Å². The van der Waals surface area contributed by atoms with E-state index >= 15 is 0 Å². The van der Waals surface area contributed by atoms with Crippen molar-refractivity contribution in [2.75, 3.05) is 14.2 Å². The van der Waals surface area contributed by atoms with E-state index in [4.69, 9.17) is 4.74 Å². The molecule has 0 bridgehead atoms. The molecule has 0 aliphatic heterocycles. The number of halogens is 1. The fourth-order valence-corrected chi connectivity index (χ4v) is 3.01. The lowest BCUT2D eigenvalue weighted by molar-refractivity contribution is 0.413. The zero-order chi connectivity index (χ0) is 15.2. The molecule has 0 aromatic heterocycles. The molecular weight excluding hydrogens is 326 g/mol. The second-order valence-corrected chi connectivity index (χ2v) is 5.96. The first-order chi connectivity index (χ1) is 10.2. The molecule has 0 amide bonds. The molecule has 0 spiro atoms. The highest BCUT2D eigenvalue weighted by Gasteiger charge is 2.15. The Balaban J connectivity index is 2.34. The van der Waals surface area contributed by atoms with Gasteiger partial charge in [-0.25, -0.2) is 0 Å². The number of aryl methyl sites for hydroxylation is 1.